The SMILES string of the molecule is CC1N(C)C=C(S(=O)(=O)Nc2cc(Cl)c(Cl)cc2NS(=O)(=O)c2cccs2)N1C. The van der Waals surface area contributed by atoms with Crippen LogP contribution < -0.4 is 9.44 Å². The molecule has 0 saturated heterocycles. The monoisotopic (exact) mass is 496 g/mol. The van der Waals surface area contributed by atoms with Crippen molar-refractivity contribution in [2.45, 2.75) is 17.3 Å². The average Bonchev–Trinajstić information content (AvgIpc) is 3.25. The van der Waals surface area contributed by atoms with E-state index in [2.05, 4.69) is 9.44 Å². The first kappa shape index (κ1) is 22.0. The van der Waals surface area contributed by atoms with Gasteiger partial charge in [0.2, 0.25) is 0 Å². The Labute approximate surface area is 183 Å². The largest absolute Gasteiger partial charge is 0.358 e. The number of anilines is 2. The van der Waals surface area contributed by atoms with E-state index in [1.54, 1.807) is 35.3 Å². The fraction of sp³-hybridized carbons (Fsp3) is 0.250. The van der Waals surface area contributed by atoms with Gasteiger partial charge in [0, 0.05) is 20.3 Å². The fourth-order valence-electron chi connectivity index (χ4n) is 2.61. The van der Waals surface area contributed by atoms with Crippen LogP contribution in [0.2, 0.25) is 10.0 Å². The number of thiophene rings is 1. The van der Waals surface area contributed by atoms with Gasteiger partial charge in [-0.15, -0.1) is 11.3 Å². The van der Waals surface area contributed by atoms with Crippen LogP contribution in [0.3, 0.4) is 0 Å². The molecule has 1 unspecified atom stereocenters. The molecule has 0 saturated carbocycles. The number of nitrogens with zero attached hydrogens (tertiary/aromatic N) is 2. The minimum Gasteiger partial charge on any atom is -0.358 e. The molecule has 0 radical (unpaired) electrons. The summed E-state index contributed by atoms with van der Waals surface area (Å²) in [5.41, 5.74) is -0.0879. The zero-order valence-electron chi connectivity index (χ0n) is 15.5. The molecule has 1 aromatic carbocycles. The third-order valence-corrected chi connectivity index (χ3v) is 9.31. The van der Waals surface area contributed by atoms with Gasteiger partial charge < -0.3 is 9.80 Å². The molecule has 0 fully saturated rings. The highest BCUT2D eigenvalue weighted by Crippen LogP contribution is 2.36. The van der Waals surface area contributed by atoms with Gasteiger partial charge in [0.15, 0.2) is 5.03 Å². The Morgan fingerprint density at radius 2 is 1.55 bits per heavy atom. The second-order valence-electron chi connectivity index (χ2n) is 6.33. The van der Waals surface area contributed by atoms with Crippen molar-refractivity contribution >= 4 is 66.0 Å². The molecule has 0 amide bonds. The lowest BCUT2D eigenvalue weighted by Crippen LogP contribution is -2.34. The van der Waals surface area contributed by atoms with Crippen molar-refractivity contribution in [1.29, 1.82) is 0 Å². The van der Waals surface area contributed by atoms with E-state index in [9.17, 15) is 16.8 Å². The van der Waals surface area contributed by atoms with Gasteiger partial charge in [-0.3, -0.25) is 9.44 Å². The van der Waals surface area contributed by atoms with Gasteiger partial charge in [0.25, 0.3) is 20.0 Å². The first-order chi connectivity index (χ1) is 13.4. The van der Waals surface area contributed by atoms with E-state index in [0.29, 0.717) is 0 Å². The van der Waals surface area contributed by atoms with Crippen LogP contribution in [0.4, 0.5) is 11.4 Å². The Bertz CT molecular complexity index is 1170. The van der Waals surface area contributed by atoms with Crippen LogP contribution in [0.1, 0.15) is 6.92 Å². The number of benzene rings is 1. The molecule has 1 aliphatic heterocycles. The van der Waals surface area contributed by atoms with Gasteiger partial charge in [-0.2, -0.15) is 8.42 Å². The van der Waals surface area contributed by atoms with E-state index in [0.717, 1.165) is 11.3 Å². The topological polar surface area (TPSA) is 98.8 Å². The van der Waals surface area contributed by atoms with Crippen molar-refractivity contribution in [3.05, 3.63) is 50.9 Å². The molecule has 0 aliphatic carbocycles. The van der Waals surface area contributed by atoms with E-state index in [4.69, 9.17) is 23.2 Å². The lowest BCUT2D eigenvalue weighted by Gasteiger charge is -2.25. The van der Waals surface area contributed by atoms with Crippen LogP contribution in [0.25, 0.3) is 0 Å². The number of nitrogens with one attached hydrogen (secondary N) is 2. The molecule has 2 N–H and O–H groups in total. The van der Waals surface area contributed by atoms with Crippen molar-refractivity contribution < 1.29 is 16.8 Å². The maximum absolute atomic E-state index is 12.9. The predicted molar refractivity (Wildman–Crippen MR) is 117 cm³/mol. The quantitative estimate of drug-likeness (QED) is 0.633. The van der Waals surface area contributed by atoms with Crippen LogP contribution in [-0.2, 0) is 20.0 Å². The van der Waals surface area contributed by atoms with Crippen LogP contribution in [0, 0.1) is 0 Å². The number of hydrogen-bond donors (Lipinski definition) is 2. The molecule has 3 rings (SSSR count). The third-order valence-electron chi connectivity index (χ3n) is 4.40. The first-order valence-corrected chi connectivity index (χ1v) is 12.8. The number of rotatable bonds is 6. The summed E-state index contributed by atoms with van der Waals surface area (Å²) in [6.45, 7) is 1.85. The summed E-state index contributed by atoms with van der Waals surface area (Å²) >= 11 is 13.1. The molecule has 2 aromatic rings. The Kier molecular flexibility index (Phi) is 5.98. The molecule has 0 spiro atoms. The van der Waals surface area contributed by atoms with E-state index >= 15 is 0 Å². The maximum Gasteiger partial charge on any atom is 0.278 e. The Balaban J connectivity index is 2.00. The molecule has 13 heteroatoms. The average molecular weight is 497 g/mol. The van der Waals surface area contributed by atoms with Gasteiger partial charge in [-0.05, 0) is 30.5 Å². The van der Waals surface area contributed by atoms with Gasteiger partial charge in [0.05, 0.1) is 27.6 Å². The van der Waals surface area contributed by atoms with E-state index < -0.39 is 20.0 Å². The third kappa shape index (κ3) is 4.43. The van der Waals surface area contributed by atoms with E-state index in [1.807, 2.05) is 6.92 Å². The Morgan fingerprint density at radius 1 is 1.00 bits per heavy atom. The number of halogens is 2. The lowest BCUT2D eigenvalue weighted by atomic mass is 10.3. The summed E-state index contributed by atoms with van der Waals surface area (Å²) in [5.74, 6) is 0. The summed E-state index contributed by atoms with van der Waals surface area (Å²) in [4.78, 5) is 3.32. The smallest absolute Gasteiger partial charge is 0.278 e. The summed E-state index contributed by atoms with van der Waals surface area (Å²) in [7, 11) is -4.55. The number of hydrogen-bond acceptors (Lipinski definition) is 7. The first-order valence-electron chi connectivity index (χ1n) is 8.17. The van der Waals surface area contributed by atoms with Gasteiger partial charge in [-0.25, -0.2) is 8.42 Å². The maximum atomic E-state index is 12.9. The molecule has 158 valence electrons. The van der Waals surface area contributed by atoms with E-state index in [-0.39, 0.29) is 36.8 Å². The van der Waals surface area contributed by atoms with Gasteiger partial charge >= 0.3 is 0 Å². The lowest BCUT2D eigenvalue weighted by molar-refractivity contribution is 0.222. The molecule has 1 aliphatic rings. The van der Waals surface area contributed by atoms with Crippen molar-refractivity contribution in [3.8, 4) is 0 Å². The van der Waals surface area contributed by atoms with Crippen molar-refractivity contribution in [1.82, 2.24) is 9.80 Å². The predicted octanol–water partition coefficient (Wildman–Crippen LogP) is 3.62. The van der Waals surface area contributed by atoms with Crippen LogP contribution in [0.15, 0.2) is 45.1 Å². The van der Waals surface area contributed by atoms with Crippen LogP contribution in [0.5, 0.6) is 0 Å². The van der Waals surface area contributed by atoms with Crippen LogP contribution in [-0.4, -0.2) is 46.9 Å². The molecule has 2 heterocycles. The molecule has 1 aromatic heterocycles. The molecule has 8 nitrogen and oxygen atoms in total. The second-order valence-corrected chi connectivity index (χ2v) is 11.6. The normalized spacial score (nSPS) is 17.4. The zero-order valence-corrected chi connectivity index (χ0v) is 19.5. The van der Waals surface area contributed by atoms with Gasteiger partial charge in [-0.1, -0.05) is 29.3 Å². The van der Waals surface area contributed by atoms with Crippen molar-refractivity contribution in [2.24, 2.45) is 0 Å². The highest BCUT2D eigenvalue weighted by atomic mass is 35.5. The van der Waals surface area contributed by atoms with Crippen molar-refractivity contribution in [3.63, 3.8) is 0 Å². The molecular formula is C16H18Cl2N4O4S3. The Morgan fingerprint density at radius 3 is 2.00 bits per heavy atom. The zero-order chi connectivity index (χ0) is 21.6. The standard InChI is InChI=1S/C16H18Cl2N4O4S3/c1-10-21(2)9-15(22(10)3)28(23,24)19-13-7-11(17)12(18)8-14(13)20-29(25,26)16-5-4-6-27-16/h4-10,19-20H,1-3H3. The molecular weight excluding hydrogens is 479 g/mol. The minimum atomic E-state index is -4.03. The summed E-state index contributed by atoms with van der Waals surface area (Å²) in [6, 6.07) is 5.55. The molecule has 1 atom stereocenters. The minimum absolute atomic E-state index is 0.0330. The van der Waals surface area contributed by atoms with Crippen LogP contribution >= 0.6 is 34.5 Å². The highest BCUT2D eigenvalue weighted by molar-refractivity contribution is 7.96. The fourth-order valence-corrected chi connectivity index (χ4v) is 6.40. The second kappa shape index (κ2) is 7.88. The van der Waals surface area contributed by atoms with E-state index in [1.165, 1.54) is 24.4 Å². The van der Waals surface area contributed by atoms with Gasteiger partial charge in [0.1, 0.15) is 4.21 Å². The van der Waals surface area contributed by atoms with Crippen molar-refractivity contribution in [2.75, 3.05) is 23.5 Å². The molecule has 0 bridgehead atoms. The summed E-state index contributed by atoms with van der Waals surface area (Å²) in [5, 5.41) is 1.80. The Hall–Kier alpha value is -1.66. The summed E-state index contributed by atoms with van der Waals surface area (Å²) in [6.07, 6.45) is 1.33. The molecule has 29 heavy (non-hydrogen) atoms. The number of sulfonamides is 2. The summed E-state index contributed by atoms with van der Waals surface area (Å²) < 4.78 is 55.9. The highest BCUT2D eigenvalue weighted by Gasteiger charge is 2.33.